The summed E-state index contributed by atoms with van der Waals surface area (Å²) in [6.45, 7) is 6.76. The maximum atomic E-state index is 12.2. The van der Waals surface area contributed by atoms with Crippen molar-refractivity contribution in [3.8, 4) is 11.3 Å². The van der Waals surface area contributed by atoms with Crippen LogP contribution in [0.2, 0.25) is 0 Å². The molecule has 3 aliphatic rings. The van der Waals surface area contributed by atoms with E-state index < -0.39 is 11.7 Å². The van der Waals surface area contributed by atoms with Crippen molar-refractivity contribution in [2.45, 2.75) is 44.9 Å². The molecule has 2 fully saturated rings. The molecule has 3 heterocycles. The van der Waals surface area contributed by atoms with Gasteiger partial charge in [-0.3, -0.25) is 0 Å². The van der Waals surface area contributed by atoms with Crippen molar-refractivity contribution in [2.75, 3.05) is 13.1 Å². The number of likely N-dealkylation sites (tertiary alicyclic amines) is 1. The standard InChI is InChI=1S/C21H25N3O3/c1-20(2,3)27-19(26)23-10-21(11-23)8-15(18(21)25)17-14-7-5-4-6-13(14)16-9-22-12-24(16)17/h4-7,9,12,15,17-18,25H,8,10-11H2,1-3H3/t15-,17-,18-/m1/s1. The first-order chi connectivity index (χ1) is 12.8. The van der Waals surface area contributed by atoms with Crippen LogP contribution in [0.25, 0.3) is 11.3 Å². The van der Waals surface area contributed by atoms with Gasteiger partial charge < -0.3 is 19.3 Å². The molecule has 1 aromatic carbocycles. The largest absolute Gasteiger partial charge is 0.444 e. The number of carbonyl (C=O) groups excluding carboxylic acids is 1. The molecule has 2 aliphatic heterocycles. The van der Waals surface area contributed by atoms with Crippen molar-refractivity contribution in [1.29, 1.82) is 0 Å². The van der Waals surface area contributed by atoms with Crippen LogP contribution in [0, 0.1) is 11.3 Å². The smallest absolute Gasteiger partial charge is 0.410 e. The number of ether oxygens (including phenoxy) is 1. The highest BCUT2D eigenvalue weighted by atomic mass is 16.6. The topological polar surface area (TPSA) is 67.6 Å². The highest BCUT2D eigenvalue weighted by molar-refractivity contribution is 5.70. The number of amides is 1. The lowest BCUT2D eigenvalue weighted by molar-refractivity contribution is -0.197. The second-order valence-electron chi connectivity index (χ2n) is 9.23. The van der Waals surface area contributed by atoms with Crippen molar-refractivity contribution >= 4 is 6.09 Å². The highest BCUT2D eigenvalue weighted by Gasteiger charge is 2.63. The Morgan fingerprint density at radius 3 is 2.74 bits per heavy atom. The zero-order valence-corrected chi connectivity index (χ0v) is 15.9. The van der Waals surface area contributed by atoms with E-state index >= 15 is 0 Å². The summed E-state index contributed by atoms with van der Waals surface area (Å²) < 4.78 is 7.63. The fraction of sp³-hybridized carbons (Fsp3) is 0.524. The van der Waals surface area contributed by atoms with Crippen LogP contribution in [0.3, 0.4) is 0 Å². The predicted molar refractivity (Wildman–Crippen MR) is 100 cm³/mol. The van der Waals surface area contributed by atoms with Crippen LogP contribution in [-0.4, -0.2) is 50.4 Å². The second kappa shape index (κ2) is 5.35. The minimum Gasteiger partial charge on any atom is -0.444 e. The first-order valence-electron chi connectivity index (χ1n) is 9.56. The maximum absolute atomic E-state index is 12.2. The van der Waals surface area contributed by atoms with Crippen molar-refractivity contribution < 1.29 is 14.6 Å². The van der Waals surface area contributed by atoms with Gasteiger partial charge in [-0.2, -0.15) is 0 Å². The summed E-state index contributed by atoms with van der Waals surface area (Å²) in [5.74, 6) is 0.141. The average Bonchev–Trinajstić information content (AvgIpc) is 3.13. The molecular weight excluding hydrogens is 342 g/mol. The monoisotopic (exact) mass is 367 g/mol. The van der Waals surface area contributed by atoms with Crippen molar-refractivity contribution in [1.82, 2.24) is 14.5 Å². The summed E-state index contributed by atoms with van der Waals surface area (Å²) in [6.07, 6.45) is 3.96. The van der Waals surface area contributed by atoms with Gasteiger partial charge in [-0.1, -0.05) is 24.3 Å². The van der Waals surface area contributed by atoms with Crippen LogP contribution in [0.4, 0.5) is 4.79 Å². The van der Waals surface area contributed by atoms with E-state index in [1.807, 2.05) is 39.4 Å². The number of hydrogen-bond acceptors (Lipinski definition) is 4. The molecule has 1 saturated carbocycles. The Morgan fingerprint density at radius 2 is 2.04 bits per heavy atom. The molecule has 1 N–H and O–H groups in total. The van der Waals surface area contributed by atoms with E-state index in [0.717, 1.165) is 12.1 Å². The Kier molecular flexibility index (Phi) is 3.33. The van der Waals surface area contributed by atoms with Gasteiger partial charge in [-0.05, 0) is 32.8 Å². The molecule has 27 heavy (non-hydrogen) atoms. The zero-order valence-electron chi connectivity index (χ0n) is 15.9. The van der Waals surface area contributed by atoms with Gasteiger partial charge in [0, 0.05) is 30.0 Å². The normalized spacial score (nSPS) is 27.6. The third-order valence-corrected chi connectivity index (χ3v) is 6.27. The fourth-order valence-electron chi connectivity index (χ4n) is 5.08. The van der Waals surface area contributed by atoms with E-state index in [2.05, 4.69) is 27.8 Å². The first kappa shape index (κ1) is 16.8. The Hall–Kier alpha value is -2.34. The Morgan fingerprint density at radius 1 is 1.30 bits per heavy atom. The van der Waals surface area contributed by atoms with Crippen LogP contribution in [0.5, 0.6) is 0 Å². The number of benzene rings is 1. The molecular formula is C21H25N3O3. The summed E-state index contributed by atoms with van der Waals surface area (Å²) in [5, 5.41) is 11.0. The van der Waals surface area contributed by atoms with Crippen molar-refractivity contribution in [3.05, 3.63) is 42.4 Å². The summed E-state index contributed by atoms with van der Waals surface area (Å²) >= 11 is 0. The third-order valence-electron chi connectivity index (χ3n) is 6.27. The number of nitrogens with zero attached hydrogens (tertiary/aromatic N) is 3. The molecule has 1 saturated heterocycles. The van der Waals surface area contributed by atoms with Crippen molar-refractivity contribution in [2.24, 2.45) is 11.3 Å². The number of aliphatic hydroxyl groups is 1. The van der Waals surface area contributed by atoms with Gasteiger partial charge in [0.1, 0.15) is 5.60 Å². The molecule has 0 unspecified atom stereocenters. The lowest BCUT2D eigenvalue weighted by Gasteiger charge is -2.63. The lowest BCUT2D eigenvalue weighted by atomic mass is 9.53. The van der Waals surface area contributed by atoms with Gasteiger partial charge in [0.25, 0.3) is 0 Å². The molecule has 2 aromatic rings. The molecule has 6 nitrogen and oxygen atoms in total. The zero-order chi connectivity index (χ0) is 19.0. The van der Waals surface area contributed by atoms with Gasteiger partial charge >= 0.3 is 6.09 Å². The summed E-state index contributed by atoms with van der Waals surface area (Å²) in [7, 11) is 0. The molecule has 0 bridgehead atoms. The minimum absolute atomic E-state index is 0.120. The van der Waals surface area contributed by atoms with Gasteiger partial charge in [0.05, 0.1) is 30.4 Å². The van der Waals surface area contributed by atoms with E-state index in [0.29, 0.717) is 13.1 Å². The summed E-state index contributed by atoms with van der Waals surface area (Å²) in [5.41, 5.74) is 2.91. The third kappa shape index (κ3) is 2.35. The Bertz CT molecular complexity index is 907. The van der Waals surface area contributed by atoms with Crippen LogP contribution >= 0.6 is 0 Å². The average molecular weight is 367 g/mol. The van der Waals surface area contributed by atoms with Crippen molar-refractivity contribution in [3.63, 3.8) is 0 Å². The Balaban J connectivity index is 1.32. The van der Waals surface area contributed by atoms with Crippen LogP contribution < -0.4 is 0 Å². The minimum atomic E-state index is -0.494. The maximum Gasteiger partial charge on any atom is 0.410 e. The van der Waals surface area contributed by atoms with Gasteiger partial charge in [0.2, 0.25) is 0 Å². The van der Waals surface area contributed by atoms with Crippen LogP contribution in [0.1, 0.15) is 38.8 Å². The molecule has 6 heteroatoms. The molecule has 3 atom stereocenters. The molecule has 1 spiro atoms. The number of carbonyl (C=O) groups is 1. The van der Waals surface area contributed by atoms with Gasteiger partial charge in [-0.25, -0.2) is 9.78 Å². The van der Waals surface area contributed by atoms with Gasteiger partial charge in [0.15, 0.2) is 0 Å². The lowest BCUT2D eigenvalue weighted by Crippen LogP contribution is -2.72. The van der Waals surface area contributed by atoms with E-state index in [9.17, 15) is 9.90 Å². The Labute approximate surface area is 158 Å². The SMILES string of the molecule is CC(C)(C)OC(=O)N1CC2(C[C@H]([C@H]3c4ccccc4-c4cncn43)[C@H]2O)C1. The van der Waals surface area contributed by atoms with Gasteiger partial charge in [-0.15, -0.1) is 0 Å². The van der Waals surface area contributed by atoms with E-state index in [1.165, 1.54) is 11.1 Å². The summed E-state index contributed by atoms with van der Waals surface area (Å²) in [6, 6.07) is 8.49. The molecule has 1 aliphatic carbocycles. The number of fused-ring (bicyclic) bond motifs is 3. The molecule has 1 amide bonds. The molecule has 1 aromatic heterocycles. The van der Waals surface area contributed by atoms with E-state index in [1.54, 1.807) is 4.90 Å². The number of imidazole rings is 1. The quantitative estimate of drug-likeness (QED) is 0.841. The number of rotatable bonds is 1. The predicted octanol–water partition coefficient (Wildman–Crippen LogP) is 3.07. The molecule has 142 valence electrons. The number of aromatic nitrogens is 2. The first-order valence-corrected chi connectivity index (χ1v) is 9.56. The number of hydrogen-bond donors (Lipinski definition) is 1. The van der Waals surface area contributed by atoms with Crippen LogP contribution in [-0.2, 0) is 4.74 Å². The fourth-order valence-corrected chi connectivity index (χ4v) is 5.08. The molecule has 5 rings (SSSR count). The highest BCUT2D eigenvalue weighted by Crippen LogP contribution is 2.59. The second-order valence-corrected chi connectivity index (χ2v) is 9.23. The van der Waals surface area contributed by atoms with E-state index in [4.69, 9.17) is 4.74 Å². The van der Waals surface area contributed by atoms with Crippen LogP contribution in [0.15, 0.2) is 36.8 Å². The molecule has 0 radical (unpaired) electrons. The van der Waals surface area contributed by atoms with E-state index in [-0.39, 0.29) is 23.5 Å². The number of aliphatic hydroxyl groups excluding tert-OH is 1. The summed E-state index contributed by atoms with van der Waals surface area (Å²) in [4.78, 5) is 18.2.